The molecule has 0 spiro atoms. The molecule has 1 aromatic heterocycles. The van der Waals surface area contributed by atoms with Crippen molar-refractivity contribution in [1.82, 2.24) is 10.6 Å². The Labute approximate surface area is 133 Å². The molecule has 5 heteroatoms. The van der Waals surface area contributed by atoms with Crippen LogP contribution in [-0.2, 0) is 6.54 Å². The van der Waals surface area contributed by atoms with Gasteiger partial charge in [-0.3, -0.25) is 0 Å². The van der Waals surface area contributed by atoms with Gasteiger partial charge in [0.1, 0.15) is 12.3 Å². The molecule has 1 aliphatic rings. The Hall–Kier alpha value is -1.49. The molecule has 3 N–H and O–H groups in total. The number of guanidine groups is 1. The van der Waals surface area contributed by atoms with Crippen molar-refractivity contribution in [3.8, 4) is 0 Å². The lowest BCUT2D eigenvalue weighted by molar-refractivity contribution is 0.131. The van der Waals surface area contributed by atoms with E-state index >= 15 is 0 Å². The number of furan rings is 1. The molecule has 2 rings (SSSR count). The number of aliphatic hydroxyl groups excluding tert-OH is 1. The summed E-state index contributed by atoms with van der Waals surface area (Å²) in [5, 5.41) is 16.1. The summed E-state index contributed by atoms with van der Waals surface area (Å²) in [6, 6.07) is 3.81. The molecule has 1 heterocycles. The highest BCUT2D eigenvalue weighted by Gasteiger charge is 2.31. The summed E-state index contributed by atoms with van der Waals surface area (Å²) in [7, 11) is 0. The lowest BCUT2D eigenvalue weighted by atomic mass is 9.72. The molecule has 22 heavy (non-hydrogen) atoms. The molecule has 5 nitrogen and oxygen atoms in total. The number of nitrogens with one attached hydrogen (secondary N) is 2. The minimum atomic E-state index is 0.216. The molecular formula is C17H29N3O2. The van der Waals surface area contributed by atoms with E-state index in [1.807, 2.05) is 12.1 Å². The third kappa shape index (κ3) is 5.05. The fraction of sp³-hybridized carbons (Fsp3) is 0.706. The standard InChI is InChI=1S/C17H29N3O2/c1-2-18-16(19-13-15-7-6-12-22-15)20-14-17(10-11-21)8-4-3-5-9-17/h6-7,12,21H,2-5,8-11,13-14H2,1H3,(H2,18,19,20). The number of rotatable bonds is 7. The Balaban J connectivity index is 1.92. The van der Waals surface area contributed by atoms with Crippen molar-refractivity contribution in [1.29, 1.82) is 0 Å². The van der Waals surface area contributed by atoms with Crippen LogP contribution >= 0.6 is 0 Å². The van der Waals surface area contributed by atoms with Crippen LogP contribution in [0.2, 0.25) is 0 Å². The molecule has 0 saturated heterocycles. The molecule has 0 aromatic carbocycles. The predicted molar refractivity (Wildman–Crippen MR) is 88.7 cm³/mol. The Morgan fingerprint density at radius 2 is 2.14 bits per heavy atom. The Bertz CT molecular complexity index is 431. The fourth-order valence-electron chi connectivity index (χ4n) is 3.23. The van der Waals surface area contributed by atoms with Gasteiger partial charge in [-0.1, -0.05) is 19.3 Å². The second-order valence-electron chi connectivity index (χ2n) is 6.16. The van der Waals surface area contributed by atoms with Crippen molar-refractivity contribution in [2.24, 2.45) is 10.4 Å². The number of hydrogen-bond donors (Lipinski definition) is 3. The maximum atomic E-state index is 9.39. The van der Waals surface area contributed by atoms with Gasteiger partial charge in [-0.05, 0) is 43.7 Å². The molecule has 0 amide bonds. The summed E-state index contributed by atoms with van der Waals surface area (Å²) < 4.78 is 5.32. The first-order valence-electron chi connectivity index (χ1n) is 8.43. The van der Waals surface area contributed by atoms with Gasteiger partial charge in [-0.25, -0.2) is 4.99 Å². The summed E-state index contributed by atoms with van der Waals surface area (Å²) in [6.45, 7) is 4.57. The minimum Gasteiger partial charge on any atom is -0.467 e. The third-order valence-electron chi connectivity index (χ3n) is 4.50. The van der Waals surface area contributed by atoms with Gasteiger partial charge in [0.2, 0.25) is 0 Å². The van der Waals surface area contributed by atoms with E-state index < -0.39 is 0 Å². The van der Waals surface area contributed by atoms with Gasteiger partial charge in [0.05, 0.1) is 6.26 Å². The largest absolute Gasteiger partial charge is 0.467 e. The smallest absolute Gasteiger partial charge is 0.191 e. The molecule has 1 aromatic rings. The minimum absolute atomic E-state index is 0.216. The summed E-state index contributed by atoms with van der Waals surface area (Å²) in [6.07, 6.45) is 8.78. The zero-order chi connectivity index (χ0) is 15.7. The van der Waals surface area contributed by atoms with Crippen molar-refractivity contribution in [3.63, 3.8) is 0 Å². The van der Waals surface area contributed by atoms with Crippen LogP contribution in [0.3, 0.4) is 0 Å². The maximum absolute atomic E-state index is 9.39. The zero-order valence-corrected chi connectivity index (χ0v) is 13.6. The van der Waals surface area contributed by atoms with Crippen molar-refractivity contribution < 1.29 is 9.52 Å². The number of hydrogen-bond acceptors (Lipinski definition) is 3. The molecule has 0 radical (unpaired) electrons. The van der Waals surface area contributed by atoms with E-state index in [0.29, 0.717) is 6.54 Å². The second-order valence-corrected chi connectivity index (χ2v) is 6.16. The van der Waals surface area contributed by atoms with E-state index in [-0.39, 0.29) is 12.0 Å². The Morgan fingerprint density at radius 3 is 2.77 bits per heavy atom. The average molecular weight is 307 g/mol. The molecule has 0 bridgehead atoms. The quantitative estimate of drug-likeness (QED) is 0.535. The first kappa shape index (κ1) is 16.9. The predicted octanol–water partition coefficient (Wildman–Crippen LogP) is 2.67. The van der Waals surface area contributed by atoms with Gasteiger partial charge in [0.15, 0.2) is 5.96 Å². The van der Waals surface area contributed by atoms with E-state index in [4.69, 9.17) is 4.42 Å². The van der Waals surface area contributed by atoms with Gasteiger partial charge in [-0.2, -0.15) is 0 Å². The van der Waals surface area contributed by atoms with Crippen LogP contribution in [0.25, 0.3) is 0 Å². The van der Waals surface area contributed by atoms with Crippen molar-refractivity contribution in [2.45, 2.75) is 52.0 Å². The first-order chi connectivity index (χ1) is 10.8. The van der Waals surface area contributed by atoms with Crippen LogP contribution in [-0.4, -0.2) is 30.8 Å². The summed E-state index contributed by atoms with van der Waals surface area (Å²) in [5.74, 6) is 1.68. The fourth-order valence-corrected chi connectivity index (χ4v) is 3.23. The average Bonchev–Trinajstić information content (AvgIpc) is 3.05. The number of aliphatic imine (C=N–C) groups is 1. The van der Waals surface area contributed by atoms with Gasteiger partial charge < -0.3 is 20.2 Å². The lowest BCUT2D eigenvalue weighted by Crippen LogP contribution is -2.44. The van der Waals surface area contributed by atoms with Crippen LogP contribution in [0.15, 0.2) is 27.8 Å². The van der Waals surface area contributed by atoms with E-state index in [1.165, 1.54) is 32.1 Å². The monoisotopic (exact) mass is 307 g/mol. The number of nitrogens with zero attached hydrogens (tertiary/aromatic N) is 1. The highest BCUT2D eigenvalue weighted by atomic mass is 16.3. The third-order valence-corrected chi connectivity index (χ3v) is 4.50. The molecular weight excluding hydrogens is 278 g/mol. The van der Waals surface area contributed by atoms with Crippen molar-refractivity contribution in [2.75, 3.05) is 19.7 Å². The Morgan fingerprint density at radius 1 is 1.32 bits per heavy atom. The SMILES string of the molecule is CCNC(=NCc1ccco1)NCC1(CCO)CCCCC1. The zero-order valence-electron chi connectivity index (χ0n) is 13.6. The van der Waals surface area contributed by atoms with Crippen molar-refractivity contribution >= 4 is 5.96 Å². The van der Waals surface area contributed by atoms with Crippen LogP contribution in [0.5, 0.6) is 0 Å². The topological polar surface area (TPSA) is 69.8 Å². The van der Waals surface area contributed by atoms with E-state index in [9.17, 15) is 5.11 Å². The molecule has 1 fully saturated rings. The summed E-state index contributed by atoms with van der Waals surface area (Å²) >= 11 is 0. The lowest BCUT2D eigenvalue weighted by Gasteiger charge is -2.37. The highest BCUT2D eigenvalue weighted by Crippen LogP contribution is 2.38. The van der Waals surface area contributed by atoms with E-state index in [2.05, 4.69) is 22.5 Å². The van der Waals surface area contributed by atoms with Crippen LogP contribution in [0.1, 0.15) is 51.2 Å². The van der Waals surface area contributed by atoms with Gasteiger partial charge in [0, 0.05) is 19.7 Å². The normalized spacial score (nSPS) is 18.2. The summed E-state index contributed by atoms with van der Waals surface area (Å²) in [5.41, 5.74) is 0.216. The first-order valence-corrected chi connectivity index (χ1v) is 8.43. The number of aliphatic hydroxyl groups is 1. The Kier molecular flexibility index (Phi) is 6.77. The van der Waals surface area contributed by atoms with Crippen LogP contribution in [0.4, 0.5) is 0 Å². The highest BCUT2D eigenvalue weighted by molar-refractivity contribution is 5.79. The van der Waals surface area contributed by atoms with Gasteiger partial charge >= 0.3 is 0 Å². The van der Waals surface area contributed by atoms with Gasteiger partial charge in [0.25, 0.3) is 0 Å². The molecule has 0 aliphatic heterocycles. The van der Waals surface area contributed by atoms with Gasteiger partial charge in [-0.15, -0.1) is 0 Å². The molecule has 124 valence electrons. The van der Waals surface area contributed by atoms with E-state index in [0.717, 1.165) is 31.2 Å². The molecule has 1 aliphatic carbocycles. The summed E-state index contributed by atoms with van der Waals surface area (Å²) in [4.78, 5) is 4.57. The van der Waals surface area contributed by atoms with Crippen LogP contribution < -0.4 is 10.6 Å². The maximum Gasteiger partial charge on any atom is 0.191 e. The second kappa shape index (κ2) is 8.83. The molecule has 1 saturated carbocycles. The van der Waals surface area contributed by atoms with Crippen LogP contribution in [0, 0.1) is 5.41 Å². The van der Waals surface area contributed by atoms with E-state index in [1.54, 1.807) is 6.26 Å². The molecule has 0 atom stereocenters. The molecule has 0 unspecified atom stereocenters. The van der Waals surface area contributed by atoms with Crippen molar-refractivity contribution in [3.05, 3.63) is 24.2 Å².